The standard InChI is InChI=1S/C14H19N3/c1-12-9-13(10-15)3-4-14(12)11-17-7-2-5-16-6-8-17/h3-4,9,16H,2,5-8,11H2,1H3. The highest BCUT2D eigenvalue weighted by Gasteiger charge is 2.10. The summed E-state index contributed by atoms with van der Waals surface area (Å²) in [4.78, 5) is 2.48. The van der Waals surface area contributed by atoms with Gasteiger partial charge in [0.1, 0.15) is 0 Å². The van der Waals surface area contributed by atoms with Gasteiger partial charge in [0.05, 0.1) is 11.6 Å². The monoisotopic (exact) mass is 229 g/mol. The highest BCUT2D eigenvalue weighted by atomic mass is 15.1. The van der Waals surface area contributed by atoms with Crippen LogP contribution < -0.4 is 5.32 Å². The average molecular weight is 229 g/mol. The van der Waals surface area contributed by atoms with Gasteiger partial charge < -0.3 is 5.32 Å². The van der Waals surface area contributed by atoms with Crippen molar-refractivity contribution in [2.24, 2.45) is 0 Å². The average Bonchev–Trinajstić information content (AvgIpc) is 2.60. The van der Waals surface area contributed by atoms with E-state index >= 15 is 0 Å². The summed E-state index contributed by atoms with van der Waals surface area (Å²) in [7, 11) is 0. The Morgan fingerprint density at radius 3 is 3.00 bits per heavy atom. The molecule has 2 rings (SSSR count). The Balaban J connectivity index is 2.05. The minimum absolute atomic E-state index is 0.754. The van der Waals surface area contributed by atoms with Crippen LogP contribution in [0, 0.1) is 18.3 Å². The predicted octanol–water partition coefficient (Wildman–Crippen LogP) is 1.66. The van der Waals surface area contributed by atoms with Crippen LogP contribution in [0.4, 0.5) is 0 Å². The molecule has 1 aromatic rings. The second-order valence-electron chi connectivity index (χ2n) is 4.63. The van der Waals surface area contributed by atoms with Gasteiger partial charge in [0.2, 0.25) is 0 Å². The van der Waals surface area contributed by atoms with Crippen LogP contribution in [0.2, 0.25) is 0 Å². The van der Waals surface area contributed by atoms with Gasteiger partial charge in [-0.15, -0.1) is 0 Å². The number of hydrogen-bond acceptors (Lipinski definition) is 3. The number of benzene rings is 1. The second-order valence-corrected chi connectivity index (χ2v) is 4.63. The topological polar surface area (TPSA) is 39.1 Å². The Labute approximate surface area is 103 Å². The third-order valence-corrected chi connectivity index (χ3v) is 3.30. The molecule has 0 radical (unpaired) electrons. The van der Waals surface area contributed by atoms with Gasteiger partial charge in [-0.05, 0) is 49.7 Å². The fourth-order valence-corrected chi connectivity index (χ4v) is 2.24. The lowest BCUT2D eigenvalue weighted by Gasteiger charge is -2.20. The molecule has 0 amide bonds. The van der Waals surface area contributed by atoms with Crippen LogP contribution in [0.5, 0.6) is 0 Å². The first-order chi connectivity index (χ1) is 8.29. The van der Waals surface area contributed by atoms with Crippen molar-refractivity contribution in [1.29, 1.82) is 5.26 Å². The number of nitriles is 1. The van der Waals surface area contributed by atoms with E-state index in [9.17, 15) is 0 Å². The van der Waals surface area contributed by atoms with Gasteiger partial charge in [0, 0.05) is 19.6 Å². The molecule has 0 bridgehead atoms. The van der Waals surface area contributed by atoms with Crippen LogP contribution in [-0.4, -0.2) is 31.1 Å². The van der Waals surface area contributed by atoms with Gasteiger partial charge in [-0.25, -0.2) is 0 Å². The SMILES string of the molecule is Cc1cc(C#N)ccc1CN1CCCNCC1. The number of nitrogens with zero attached hydrogens (tertiary/aromatic N) is 2. The molecule has 0 atom stereocenters. The highest BCUT2D eigenvalue weighted by molar-refractivity contribution is 5.37. The number of rotatable bonds is 2. The summed E-state index contributed by atoms with van der Waals surface area (Å²) in [6.07, 6.45) is 1.22. The van der Waals surface area contributed by atoms with Crippen LogP contribution in [0.3, 0.4) is 0 Å². The lowest BCUT2D eigenvalue weighted by atomic mass is 10.1. The Morgan fingerprint density at radius 1 is 1.35 bits per heavy atom. The summed E-state index contributed by atoms with van der Waals surface area (Å²) < 4.78 is 0. The van der Waals surface area contributed by atoms with Crippen molar-refractivity contribution in [3.8, 4) is 6.07 Å². The largest absolute Gasteiger partial charge is 0.315 e. The van der Waals surface area contributed by atoms with E-state index in [1.807, 2.05) is 12.1 Å². The molecule has 1 heterocycles. The Morgan fingerprint density at radius 2 is 2.24 bits per heavy atom. The molecule has 0 aliphatic carbocycles. The van der Waals surface area contributed by atoms with E-state index in [0.29, 0.717) is 0 Å². The zero-order chi connectivity index (χ0) is 12.1. The van der Waals surface area contributed by atoms with Crippen molar-refractivity contribution in [2.75, 3.05) is 26.2 Å². The molecule has 3 nitrogen and oxygen atoms in total. The van der Waals surface area contributed by atoms with Crippen molar-refractivity contribution in [2.45, 2.75) is 19.9 Å². The number of hydrogen-bond donors (Lipinski definition) is 1. The first-order valence-electron chi connectivity index (χ1n) is 6.22. The number of nitrogens with one attached hydrogen (secondary N) is 1. The summed E-state index contributed by atoms with van der Waals surface area (Å²) in [6.45, 7) is 7.57. The molecule has 1 aliphatic heterocycles. The molecule has 1 aliphatic rings. The smallest absolute Gasteiger partial charge is 0.0991 e. The quantitative estimate of drug-likeness (QED) is 0.838. The lowest BCUT2D eigenvalue weighted by molar-refractivity contribution is 0.284. The van der Waals surface area contributed by atoms with Gasteiger partial charge >= 0.3 is 0 Å². The molecule has 17 heavy (non-hydrogen) atoms. The van der Waals surface area contributed by atoms with Crippen LogP contribution in [0.1, 0.15) is 23.1 Å². The van der Waals surface area contributed by atoms with Gasteiger partial charge in [-0.3, -0.25) is 4.90 Å². The summed E-state index contributed by atoms with van der Waals surface area (Å²) in [5.41, 5.74) is 3.32. The van der Waals surface area contributed by atoms with Crippen LogP contribution in [0.25, 0.3) is 0 Å². The number of aryl methyl sites for hydroxylation is 1. The molecule has 3 heteroatoms. The van der Waals surface area contributed by atoms with Crippen LogP contribution >= 0.6 is 0 Å². The molecule has 0 spiro atoms. The zero-order valence-corrected chi connectivity index (χ0v) is 10.4. The summed E-state index contributed by atoms with van der Waals surface area (Å²) in [6, 6.07) is 8.17. The molecule has 1 aromatic carbocycles. The van der Waals surface area contributed by atoms with Crippen molar-refractivity contribution < 1.29 is 0 Å². The molecule has 1 fully saturated rings. The maximum absolute atomic E-state index is 8.84. The van der Waals surface area contributed by atoms with Crippen LogP contribution in [0.15, 0.2) is 18.2 Å². The Hall–Kier alpha value is -1.37. The molecular formula is C14H19N3. The van der Waals surface area contributed by atoms with Crippen molar-refractivity contribution in [3.63, 3.8) is 0 Å². The normalized spacial score (nSPS) is 17.4. The fourth-order valence-electron chi connectivity index (χ4n) is 2.24. The Kier molecular flexibility index (Phi) is 4.13. The van der Waals surface area contributed by atoms with Gasteiger partial charge in [-0.1, -0.05) is 6.07 Å². The molecule has 0 saturated carbocycles. The van der Waals surface area contributed by atoms with Gasteiger partial charge in [-0.2, -0.15) is 5.26 Å². The zero-order valence-electron chi connectivity index (χ0n) is 10.4. The third-order valence-electron chi connectivity index (χ3n) is 3.30. The summed E-state index contributed by atoms with van der Waals surface area (Å²) in [5, 5.41) is 12.3. The minimum Gasteiger partial charge on any atom is -0.315 e. The molecular weight excluding hydrogens is 210 g/mol. The fraction of sp³-hybridized carbons (Fsp3) is 0.500. The lowest BCUT2D eigenvalue weighted by Crippen LogP contribution is -2.27. The summed E-state index contributed by atoms with van der Waals surface area (Å²) in [5.74, 6) is 0. The van der Waals surface area contributed by atoms with E-state index in [1.165, 1.54) is 17.5 Å². The van der Waals surface area contributed by atoms with Crippen LogP contribution in [-0.2, 0) is 6.54 Å². The molecule has 1 N–H and O–H groups in total. The van der Waals surface area contributed by atoms with E-state index in [2.05, 4.69) is 29.3 Å². The van der Waals surface area contributed by atoms with Gasteiger partial charge in [0.15, 0.2) is 0 Å². The first-order valence-corrected chi connectivity index (χ1v) is 6.22. The maximum atomic E-state index is 8.84. The first kappa shape index (κ1) is 12.1. The van der Waals surface area contributed by atoms with E-state index in [1.54, 1.807) is 0 Å². The van der Waals surface area contributed by atoms with E-state index in [4.69, 9.17) is 5.26 Å². The molecule has 90 valence electrons. The minimum atomic E-state index is 0.754. The molecule has 0 aromatic heterocycles. The van der Waals surface area contributed by atoms with Crippen molar-refractivity contribution in [3.05, 3.63) is 34.9 Å². The maximum Gasteiger partial charge on any atom is 0.0991 e. The predicted molar refractivity (Wildman–Crippen MR) is 68.7 cm³/mol. The highest BCUT2D eigenvalue weighted by Crippen LogP contribution is 2.13. The van der Waals surface area contributed by atoms with Crippen molar-refractivity contribution in [1.82, 2.24) is 10.2 Å². The molecule has 1 saturated heterocycles. The van der Waals surface area contributed by atoms with E-state index in [-0.39, 0.29) is 0 Å². The second kappa shape index (κ2) is 5.81. The van der Waals surface area contributed by atoms with E-state index < -0.39 is 0 Å². The molecule has 0 unspecified atom stereocenters. The van der Waals surface area contributed by atoms with Gasteiger partial charge in [0.25, 0.3) is 0 Å². The summed E-state index contributed by atoms with van der Waals surface area (Å²) >= 11 is 0. The third kappa shape index (κ3) is 3.29. The van der Waals surface area contributed by atoms with Crippen molar-refractivity contribution >= 4 is 0 Å². The van der Waals surface area contributed by atoms with E-state index in [0.717, 1.165) is 38.3 Å². The Bertz CT molecular complexity index is 412.